The molecule has 0 saturated carbocycles. The van der Waals surface area contributed by atoms with Crippen LogP contribution in [0.2, 0.25) is 0 Å². The van der Waals surface area contributed by atoms with Gasteiger partial charge in [-0.25, -0.2) is 4.79 Å². The molecule has 0 radical (unpaired) electrons. The third kappa shape index (κ3) is 2.78. The summed E-state index contributed by atoms with van der Waals surface area (Å²) in [5, 5.41) is 12.9. The molecular formula is C21H21NO3. The van der Waals surface area contributed by atoms with Crippen LogP contribution in [0.4, 0.5) is 5.69 Å². The SMILES string of the molecule is CCOc1ccc([C@@H]2Nc3ccc(C(=O)O)cc3[C@@H]3C=CC[C@@H]32)cc1. The van der Waals surface area contributed by atoms with E-state index in [0.717, 1.165) is 23.4 Å². The van der Waals surface area contributed by atoms with E-state index in [0.29, 0.717) is 18.1 Å². The molecule has 0 amide bonds. The van der Waals surface area contributed by atoms with Gasteiger partial charge in [0.2, 0.25) is 0 Å². The van der Waals surface area contributed by atoms with Gasteiger partial charge in [-0.15, -0.1) is 0 Å². The van der Waals surface area contributed by atoms with Crippen LogP contribution >= 0.6 is 0 Å². The molecule has 3 atom stereocenters. The summed E-state index contributed by atoms with van der Waals surface area (Å²) in [7, 11) is 0. The molecule has 2 aromatic carbocycles. The molecular weight excluding hydrogens is 314 g/mol. The maximum atomic E-state index is 11.3. The third-order valence-corrected chi connectivity index (χ3v) is 5.16. The van der Waals surface area contributed by atoms with Crippen LogP contribution in [0.5, 0.6) is 5.75 Å². The highest BCUT2D eigenvalue weighted by molar-refractivity contribution is 5.89. The van der Waals surface area contributed by atoms with Gasteiger partial charge in [-0.3, -0.25) is 0 Å². The molecule has 0 bridgehead atoms. The molecule has 128 valence electrons. The van der Waals surface area contributed by atoms with E-state index >= 15 is 0 Å². The van der Waals surface area contributed by atoms with Gasteiger partial charge >= 0.3 is 5.97 Å². The van der Waals surface area contributed by atoms with Crippen molar-refractivity contribution in [2.24, 2.45) is 5.92 Å². The molecule has 0 unspecified atom stereocenters. The monoisotopic (exact) mass is 335 g/mol. The minimum absolute atomic E-state index is 0.207. The van der Waals surface area contributed by atoms with Crippen LogP contribution in [-0.2, 0) is 0 Å². The fourth-order valence-corrected chi connectivity index (χ4v) is 4.00. The van der Waals surface area contributed by atoms with Crippen LogP contribution in [0.15, 0.2) is 54.6 Å². The van der Waals surface area contributed by atoms with Gasteiger partial charge in [0.15, 0.2) is 0 Å². The first-order valence-electron chi connectivity index (χ1n) is 8.70. The Morgan fingerprint density at radius 2 is 2.04 bits per heavy atom. The Bertz CT molecular complexity index is 826. The molecule has 2 aliphatic rings. The Hall–Kier alpha value is -2.75. The number of ether oxygens (including phenoxy) is 1. The number of fused-ring (bicyclic) bond motifs is 3. The van der Waals surface area contributed by atoms with Crippen molar-refractivity contribution in [3.8, 4) is 5.75 Å². The summed E-state index contributed by atoms with van der Waals surface area (Å²) in [4.78, 5) is 11.3. The van der Waals surface area contributed by atoms with Crippen LogP contribution in [0.25, 0.3) is 0 Å². The smallest absolute Gasteiger partial charge is 0.335 e. The number of hydrogen-bond acceptors (Lipinski definition) is 3. The maximum absolute atomic E-state index is 11.3. The summed E-state index contributed by atoms with van der Waals surface area (Å²) in [6.07, 6.45) is 5.42. The first-order valence-corrected chi connectivity index (χ1v) is 8.70. The molecule has 1 aliphatic heterocycles. The lowest BCUT2D eigenvalue weighted by Crippen LogP contribution is -2.29. The van der Waals surface area contributed by atoms with Crippen LogP contribution in [0.3, 0.4) is 0 Å². The van der Waals surface area contributed by atoms with Crippen LogP contribution in [0, 0.1) is 5.92 Å². The van der Waals surface area contributed by atoms with Crippen molar-refractivity contribution in [3.63, 3.8) is 0 Å². The number of hydrogen-bond donors (Lipinski definition) is 2. The molecule has 1 aliphatic carbocycles. The number of carboxylic acids is 1. The van der Waals surface area contributed by atoms with Crippen molar-refractivity contribution < 1.29 is 14.6 Å². The van der Waals surface area contributed by atoms with Crippen molar-refractivity contribution in [2.75, 3.05) is 11.9 Å². The van der Waals surface area contributed by atoms with E-state index in [1.54, 1.807) is 6.07 Å². The summed E-state index contributed by atoms with van der Waals surface area (Å²) < 4.78 is 5.54. The molecule has 25 heavy (non-hydrogen) atoms. The summed E-state index contributed by atoms with van der Waals surface area (Å²) in [5.41, 5.74) is 3.69. The van der Waals surface area contributed by atoms with E-state index in [9.17, 15) is 9.90 Å². The summed E-state index contributed by atoms with van der Waals surface area (Å²) in [6, 6.07) is 13.8. The lowest BCUT2D eigenvalue weighted by atomic mass is 9.76. The normalized spacial score (nSPS) is 23.5. The van der Waals surface area contributed by atoms with Gasteiger partial charge in [0.1, 0.15) is 5.75 Å². The molecule has 4 nitrogen and oxygen atoms in total. The van der Waals surface area contributed by atoms with Gasteiger partial charge in [0.25, 0.3) is 0 Å². The molecule has 1 heterocycles. The Kier molecular flexibility index (Phi) is 3.96. The molecule has 0 saturated heterocycles. The standard InChI is InChI=1S/C21H21NO3/c1-2-25-15-9-6-13(7-10-15)20-17-5-3-4-16(17)18-12-14(21(23)24)8-11-19(18)22-20/h3-4,6-12,16-17,20,22H,2,5H2,1H3,(H,23,24)/t16-,17+,20+/m1/s1. The number of benzene rings is 2. The summed E-state index contributed by atoms with van der Waals surface area (Å²) in [6.45, 7) is 2.64. The Morgan fingerprint density at radius 1 is 1.24 bits per heavy atom. The Balaban J connectivity index is 1.69. The van der Waals surface area contributed by atoms with E-state index in [2.05, 4.69) is 29.6 Å². The Labute approximate surface area is 147 Å². The zero-order valence-electron chi connectivity index (χ0n) is 14.1. The van der Waals surface area contributed by atoms with E-state index in [1.807, 2.05) is 31.2 Å². The number of nitrogens with one attached hydrogen (secondary N) is 1. The van der Waals surface area contributed by atoms with Crippen molar-refractivity contribution >= 4 is 11.7 Å². The van der Waals surface area contributed by atoms with Crippen molar-refractivity contribution in [1.82, 2.24) is 0 Å². The van der Waals surface area contributed by atoms with E-state index < -0.39 is 5.97 Å². The fourth-order valence-electron chi connectivity index (χ4n) is 4.00. The third-order valence-electron chi connectivity index (χ3n) is 5.16. The van der Waals surface area contributed by atoms with Gasteiger partial charge in [-0.05, 0) is 60.7 Å². The highest BCUT2D eigenvalue weighted by Gasteiger charge is 2.38. The number of rotatable bonds is 4. The van der Waals surface area contributed by atoms with E-state index in [-0.39, 0.29) is 12.0 Å². The predicted octanol–water partition coefficient (Wildman–Crippen LogP) is 4.61. The zero-order chi connectivity index (χ0) is 17.4. The van der Waals surface area contributed by atoms with Crippen LogP contribution in [-0.4, -0.2) is 17.7 Å². The Morgan fingerprint density at radius 3 is 2.76 bits per heavy atom. The number of aromatic carboxylic acids is 1. The molecule has 2 aromatic rings. The first kappa shape index (κ1) is 15.8. The molecule has 0 fully saturated rings. The minimum atomic E-state index is -0.880. The average molecular weight is 335 g/mol. The molecule has 0 spiro atoms. The highest BCUT2D eigenvalue weighted by Crippen LogP contribution is 2.50. The molecule has 4 rings (SSSR count). The second kappa shape index (κ2) is 6.28. The lowest BCUT2D eigenvalue weighted by molar-refractivity contribution is 0.0696. The number of anilines is 1. The zero-order valence-corrected chi connectivity index (χ0v) is 14.1. The second-order valence-electron chi connectivity index (χ2n) is 6.58. The van der Waals surface area contributed by atoms with Gasteiger partial charge < -0.3 is 15.2 Å². The second-order valence-corrected chi connectivity index (χ2v) is 6.58. The number of allylic oxidation sites excluding steroid dienone is 2. The van der Waals surface area contributed by atoms with Crippen LogP contribution < -0.4 is 10.1 Å². The summed E-state index contributed by atoms with van der Waals surface area (Å²) in [5.74, 6) is 0.659. The van der Waals surface area contributed by atoms with Gasteiger partial charge in [0, 0.05) is 11.6 Å². The highest BCUT2D eigenvalue weighted by atomic mass is 16.5. The fraction of sp³-hybridized carbons (Fsp3) is 0.286. The molecule has 4 heteroatoms. The quantitative estimate of drug-likeness (QED) is 0.801. The van der Waals surface area contributed by atoms with E-state index in [1.165, 1.54) is 5.56 Å². The van der Waals surface area contributed by atoms with Gasteiger partial charge in [-0.2, -0.15) is 0 Å². The maximum Gasteiger partial charge on any atom is 0.335 e. The average Bonchev–Trinajstić information content (AvgIpc) is 3.11. The largest absolute Gasteiger partial charge is 0.494 e. The number of carbonyl (C=O) groups is 1. The van der Waals surface area contributed by atoms with Crippen molar-refractivity contribution in [3.05, 3.63) is 71.3 Å². The van der Waals surface area contributed by atoms with Crippen molar-refractivity contribution in [2.45, 2.75) is 25.3 Å². The topological polar surface area (TPSA) is 58.6 Å². The lowest BCUT2D eigenvalue weighted by Gasteiger charge is -2.37. The summed E-state index contributed by atoms with van der Waals surface area (Å²) >= 11 is 0. The van der Waals surface area contributed by atoms with Gasteiger partial charge in [-0.1, -0.05) is 24.3 Å². The first-order chi connectivity index (χ1) is 12.2. The predicted molar refractivity (Wildman–Crippen MR) is 97.4 cm³/mol. The molecule has 0 aromatic heterocycles. The van der Waals surface area contributed by atoms with Crippen LogP contribution in [0.1, 0.15) is 46.8 Å². The number of carboxylic acid groups (broad SMARTS) is 1. The van der Waals surface area contributed by atoms with Crippen molar-refractivity contribution in [1.29, 1.82) is 0 Å². The van der Waals surface area contributed by atoms with Gasteiger partial charge in [0.05, 0.1) is 18.2 Å². The van der Waals surface area contributed by atoms with E-state index in [4.69, 9.17) is 4.74 Å². The molecule has 2 N–H and O–H groups in total. The minimum Gasteiger partial charge on any atom is -0.494 e.